The summed E-state index contributed by atoms with van der Waals surface area (Å²) in [6.45, 7) is 3.03. The second kappa shape index (κ2) is 10.2. The van der Waals surface area contributed by atoms with Gasteiger partial charge in [-0.3, -0.25) is 19.1 Å². The molecule has 6 rings (SSSR count). The minimum atomic E-state index is -4.95. The molecular weight excluding hydrogens is 523 g/mol. The van der Waals surface area contributed by atoms with E-state index in [4.69, 9.17) is 0 Å². The summed E-state index contributed by atoms with van der Waals surface area (Å²) in [5.41, 5.74) is 0.783. The van der Waals surface area contributed by atoms with Gasteiger partial charge < -0.3 is 15.0 Å². The highest BCUT2D eigenvalue weighted by Gasteiger charge is 2.55. The van der Waals surface area contributed by atoms with Gasteiger partial charge in [0, 0.05) is 26.2 Å². The molecule has 212 valence electrons. The third kappa shape index (κ3) is 5.19. The summed E-state index contributed by atoms with van der Waals surface area (Å²) in [6.07, 6.45) is 2.33. The number of carbonyl (C=O) groups excluding carboxylic acids is 1. The molecule has 1 saturated heterocycles. The molecule has 2 saturated carbocycles. The molecule has 8 nitrogen and oxygen atoms in total. The highest BCUT2D eigenvalue weighted by molar-refractivity contribution is 6.01. The first kappa shape index (κ1) is 26.8. The first-order chi connectivity index (χ1) is 19.1. The average Bonchev–Trinajstić information content (AvgIpc) is 3.55. The van der Waals surface area contributed by atoms with Crippen LogP contribution >= 0.6 is 0 Å². The maximum atomic E-state index is 13.4. The van der Waals surface area contributed by atoms with Gasteiger partial charge >= 0.3 is 6.36 Å². The number of nitrogens with one attached hydrogen (secondary N) is 1. The van der Waals surface area contributed by atoms with E-state index in [-0.39, 0.29) is 22.8 Å². The Morgan fingerprint density at radius 1 is 1.05 bits per heavy atom. The molecule has 0 bridgehead atoms. The summed E-state index contributed by atoms with van der Waals surface area (Å²) < 4.78 is 45.2. The number of alkyl halides is 3. The van der Waals surface area contributed by atoms with Crippen LogP contribution in [0.15, 0.2) is 47.5 Å². The molecule has 0 unspecified atom stereocenters. The van der Waals surface area contributed by atoms with Crippen molar-refractivity contribution in [2.24, 2.45) is 0 Å². The van der Waals surface area contributed by atoms with Gasteiger partial charge in [-0.2, -0.15) is 0 Å². The zero-order valence-electron chi connectivity index (χ0n) is 22.3. The van der Waals surface area contributed by atoms with Gasteiger partial charge in [0.15, 0.2) is 5.75 Å². The fourth-order valence-corrected chi connectivity index (χ4v) is 6.09. The van der Waals surface area contributed by atoms with E-state index in [0.717, 1.165) is 32.0 Å². The molecule has 2 aromatic carbocycles. The fraction of sp³-hybridized carbons (Fsp3) is 0.483. The van der Waals surface area contributed by atoms with E-state index in [2.05, 4.69) is 24.8 Å². The number of fused-ring (bicyclic) bond motifs is 1. The number of benzene rings is 2. The molecule has 0 spiro atoms. The first-order valence-corrected chi connectivity index (χ1v) is 13.8. The van der Waals surface area contributed by atoms with Crippen LogP contribution in [-0.2, 0) is 4.79 Å². The standard InChI is InChI=1S/C29H32F3N5O3/c1-35-12-14-36(15-13-35)28(10-11-28)27(39)34-24-17-21(7-9-25(24)40-29(30,31)32)37-18-33-23-16-20(19-4-2-3-5-19)6-8-22(23)26(37)38/h6-9,16-19H,2-5,10-15H2,1H3,(H,34,39). The SMILES string of the molecule is CN1CCN(C2(C(=O)Nc3cc(-n4cnc5cc(C6CCCC6)ccc5c4=O)ccc3OC(F)(F)F)CC2)CC1. The van der Waals surface area contributed by atoms with Gasteiger partial charge in [-0.25, -0.2) is 4.98 Å². The molecule has 0 atom stereocenters. The first-order valence-electron chi connectivity index (χ1n) is 13.8. The van der Waals surface area contributed by atoms with Gasteiger partial charge in [0.25, 0.3) is 5.56 Å². The average molecular weight is 556 g/mol. The molecule has 3 fully saturated rings. The Balaban J connectivity index is 1.32. The monoisotopic (exact) mass is 555 g/mol. The van der Waals surface area contributed by atoms with Crippen LogP contribution in [-0.4, -0.2) is 70.4 Å². The molecule has 11 heteroatoms. The molecule has 2 aliphatic carbocycles. The number of nitrogens with zero attached hydrogens (tertiary/aromatic N) is 4. The van der Waals surface area contributed by atoms with Gasteiger partial charge in [0.1, 0.15) is 11.9 Å². The second-order valence-corrected chi connectivity index (χ2v) is 11.2. The summed E-state index contributed by atoms with van der Waals surface area (Å²) >= 11 is 0. The van der Waals surface area contributed by atoms with Gasteiger partial charge in [-0.05, 0) is 74.5 Å². The minimum absolute atomic E-state index is 0.149. The molecule has 0 radical (unpaired) electrons. The number of halogens is 3. The van der Waals surface area contributed by atoms with E-state index in [1.165, 1.54) is 41.4 Å². The largest absolute Gasteiger partial charge is 0.573 e. The molecule has 1 N–H and O–H groups in total. The molecule has 40 heavy (non-hydrogen) atoms. The molecule has 1 aromatic heterocycles. The van der Waals surface area contributed by atoms with Gasteiger partial charge in [-0.1, -0.05) is 18.9 Å². The summed E-state index contributed by atoms with van der Waals surface area (Å²) in [7, 11) is 2.02. The third-order valence-corrected chi connectivity index (χ3v) is 8.58. The lowest BCUT2D eigenvalue weighted by atomic mass is 9.97. The van der Waals surface area contributed by atoms with Crippen molar-refractivity contribution < 1.29 is 22.7 Å². The van der Waals surface area contributed by atoms with Crippen LogP contribution in [0.5, 0.6) is 5.75 Å². The lowest BCUT2D eigenvalue weighted by Gasteiger charge is -2.37. The van der Waals surface area contributed by atoms with Crippen LogP contribution in [0, 0.1) is 0 Å². The Morgan fingerprint density at radius 3 is 2.45 bits per heavy atom. The number of hydrogen-bond acceptors (Lipinski definition) is 6. The maximum absolute atomic E-state index is 13.4. The summed E-state index contributed by atoms with van der Waals surface area (Å²) in [5, 5.41) is 3.11. The van der Waals surface area contributed by atoms with Gasteiger partial charge in [0.2, 0.25) is 5.91 Å². The Morgan fingerprint density at radius 2 is 1.77 bits per heavy atom. The number of rotatable bonds is 6. The number of hydrogen-bond donors (Lipinski definition) is 1. The quantitative estimate of drug-likeness (QED) is 0.477. The number of amides is 1. The van der Waals surface area contributed by atoms with Crippen molar-refractivity contribution in [2.45, 2.75) is 56.3 Å². The van der Waals surface area contributed by atoms with Crippen molar-refractivity contribution in [1.82, 2.24) is 19.4 Å². The lowest BCUT2D eigenvalue weighted by Crippen LogP contribution is -2.54. The molecule has 1 aliphatic heterocycles. The minimum Gasteiger partial charge on any atom is -0.404 e. The van der Waals surface area contributed by atoms with Gasteiger partial charge in [0.05, 0.1) is 22.3 Å². The summed E-state index contributed by atoms with van der Waals surface area (Å²) in [6, 6.07) is 9.49. The van der Waals surface area contributed by atoms with Crippen molar-refractivity contribution in [1.29, 1.82) is 0 Å². The van der Waals surface area contributed by atoms with E-state index in [1.807, 2.05) is 19.2 Å². The normalized spacial score (nSPS) is 20.1. The van der Waals surface area contributed by atoms with Crippen molar-refractivity contribution in [2.75, 3.05) is 38.5 Å². The Kier molecular flexibility index (Phi) is 6.82. The summed E-state index contributed by atoms with van der Waals surface area (Å²) in [5.74, 6) is -0.437. The zero-order valence-corrected chi connectivity index (χ0v) is 22.3. The maximum Gasteiger partial charge on any atom is 0.573 e. The van der Waals surface area contributed by atoms with Crippen molar-refractivity contribution in [3.63, 3.8) is 0 Å². The Labute approximate surface area is 229 Å². The predicted octanol–water partition coefficient (Wildman–Crippen LogP) is 4.66. The number of anilines is 1. The molecule has 3 aromatic rings. The lowest BCUT2D eigenvalue weighted by molar-refractivity contribution is -0.274. The van der Waals surface area contributed by atoms with Crippen molar-refractivity contribution in [3.05, 3.63) is 58.6 Å². The predicted molar refractivity (Wildman–Crippen MR) is 145 cm³/mol. The number of likely N-dealkylation sites (N-methyl/N-ethyl adjacent to an activating group) is 1. The molecule has 2 heterocycles. The summed E-state index contributed by atoms with van der Waals surface area (Å²) in [4.78, 5) is 35.6. The van der Waals surface area contributed by atoms with Gasteiger partial charge in [-0.15, -0.1) is 13.2 Å². The highest BCUT2D eigenvalue weighted by Crippen LogP contribution is 2.44. The van der Waals surface area contributed by atoms with E-state index >= 15 is 0 Å². The van der Waals surface area contributed by atoms with Crippen molar-refractivity contribution >= 4 is 22.5 Å². The molecule has 3 aliphatic rings. The van der Waals surface area contributed by atoms with Crippen molar-refractivity contribution in [3.8, 4) is 11.4 Å². The van der Waals surface area contributed by atoms with E-state index in [1.54, 1.807) is 6.07 Å². The fourth-order valence-electron chi connectivity index (χ4n) is 6.09. The Bertz CT molecular complexity index is 1490. The van der Waals surface area contributed by atoms with E-state index in [0.29, 0.717) is 42.8 Å². The number of aromatic nitrogens is 2. The topological polar surface area (TPSA) is 79.7 Å². The zero-order chi connectivity index (χ0) is 28.1. The number of piperazine rings is 1. The van der Waals surface area contributed by atoms with Crippen LogP contribution in [0.25, 0.3) is 16.6 Å². The van der Waals surface area contributed by atoms with E-state index < -0.39 is 17.7 Å². The second-order valence-electron chi connectivity index (χ2n) is 11.2. The van der Waals surface area contributed by atoms with Crippen LogP contribution in [0.3, 0.4) is 0 Å². The van der Waals surface area contributed by atoms with Crippen LogP contribution < -0.4 is 15.6 Å². The van der Waals surface area contributed by atoms with E-state index in [9.17, 15) is 22.8 Å². The molecular formula is C29H32F3N5O3. The third-order valence-electron chi connectivity index (χ3n) is 8.58. The molecule has 1 amide bonds. The highest BCUT2D eigenvalue weighted by atomic mass is 19.4. The smallest absolute Gasteiger partial charge is 0.404 e. The van der Waals surface area contributed by atoms with Crippen LogP contribution in [0.4, 0.5) is 18.9 Å². The Hall–Kier alpha value is -3.44. The number of ether oxygens (including phenoxy) is 1. The van der Waals surface area contributed by atoms with Crippen LogP contribution in [0.1, 0.15) is 50.0 Å². The number of carbonyl (C=O) groups is 1. The van der Waals surface area contributed by atoms with Crippen LogP contribution in [0.2, 0.25) is 0 Å².